The minimum Gasteiger partial charge on any atom is -0.357 e. The van der Waals surface area contributed by atoms with Crippen LogP contribution >= 0.6 is 11.6 Å². The summed E-state index contributed by atoms with van der Waals surface area (Å²) in [6.45, 7) is 0. The highest BCUT2D eigenvalue weighted by molar-refractivity contribution is 6.21. The van der Waals surface area contributed by atoms with Crippen LogP contribution in [0.1, 0.15) is 32.1 Å². The second-order valence-corrected chi connectivity index (χ2v) is 5.76. The Hall–Kier alpha value is -0.170. The maximum atomic E-state index is 12.4. The van der Waals surface area contributed by atoms with E-state index in [-0.39, 0.29) is 11.8 Å². The van der Waals surface area contributed by atoms with Crippen molar-refractivity contribution >= 4 is 11.6 Å². The highest BCUT2D eigenvalue weighted by atomic mass is 35.5. The predicted octanol–water partition coefficient (Wildman–Crippen LogP) is 4.44. The Bertz CT molecular complexity index is 319. The van der Waals surface area contributed by atoms with E-state index in [0.717, 1.165) is 12.8 Å². The van der Waals surface area contributed by atoms with E-state index in [1.54, 1.807) is 0 Å². The molecule has 2 fully saturated rings. The van der Waals surface area contributed by atoms with Crippen molar-refractivity contribution in [3.8, 4) is 0 Å². The second-order valence-electron chi connectivity index (χ2n) is 5.23. The maximum Gasteiger partial charge on any atom is 0.423 e. The summed E-state index contributed by atoms with van der Waals surface area (Å²) in [5.74, 6) is 0. The lowest BCUT2D eigenvalue weighted by Gasteiger charge is -2.52. The van der Waals surface area contributed by atoms with Gasteiger partial charge in [0.05, 0.1) is 6.10 Å². The Morgan fingerprint density at radius 3 is 1.84 bits per heavy atom. The molecule has 2 unspecified atom stereocenters. The zero-order chi connectivity index (χ0) is 14.5. The number of ether oxygens (including phenoxy) is 1. The zero-order valence-corrected chi connectivity index (χ0v) is 10.6. The van der Waals surface area contributed by atoms with Gasteiger partial charge in [0.25, 0.3) is 0 Å². The summed E-state index contributed by atoms with van der Waals surface area (Å²) in [6.07, 6.45) is -13.0. The molecule has 1 spiro atoms. The predicted molar refractivity (Wildman–Crippen MR) is 55.9 cm³/mol. The molecule has 0 saturated heterocycles. The summed E-state index contributed by atoms with van der Waals surface area (Å²) in [7, 11) is 0. The largest absolute Gasteiger partial charge is 0.423 e. The minimum atomic E-state index is -5.45. The average molecular weight is 311 g/mol. The van der Waals surface area contributed by atoms with Gasteiger partial charge >= 0.3 is 12.4 Å². The van der Waals surface area contributed by atoms with Gasteiger partial charge in [0.2, 0.25) is 6.10 Å². The molecule has 2 atom stereocenters. The fourth-order valence-corrected chi connectivity index (χ4v) is 3.58. The van der Waals surface area contributed by atoms with E-state index >= 15 is 0 Å². The van der Waals surface area contributed by atoms with Crippen LogP contribution in [0.4, 0.5) is 26.3 Å². The van der Waals surface area contributed by atoms with Crippen molar-refractivity contribution in [1.82, 2.24) is 0 Å². The Labute approximate surface area is 111 Å². The monoisotopic (exact) mass is 310 g/mol. The summed E-state index contributed by atoms with van der Waals surface area (Å²) in [5.41, 5.74) is -0.698. The van der Waals surface area contributed by atoms with Crippen LogP contribution < -0.4 is 0 Å². The Kier molecular flexibility index (Phi) is 3.75. The van der Waals surface area contributed by atoms with E-state index < -0.39 is 30.0 Å². The van der Waals surface area contributed by atoms with Crippen molar-refractivity contribution in [2.24, 2.45) is 5.41 Å². The van der Waals surface area contributed by atoms with Crippen LogP contribution in [0.2, 0.25) is 0 Å². The highest BCUT2D eigenvalue weighted by Gasteiger charge is 2.63. The van der Waals surface area contributed by atoms with E-state index in [4.69, 9.17) is 11.6 Å². The second kappa shape index (κ2) is 4.69. The van der Waals surface area contributed by atoms with Gasteiger partial charge < -0.3 is 4.74 Å². The maximum absolute atomic E-state index is 12.4. The minimum absolute atomic E-state index is 0.0458. The molecule has 0 radical (unpaired) electrons. The number of hydrogen-bond donors (Lipinski definition) is 0. The molecule has 0 aromatic heterocycles. The smallest absolute Gasteiger partial charge is 0.357 e. The van der Waals surface area contributed by atoms with Gasteiger partial charge in [-0.05, 0) is 19.3 Å². The van der Waals surface area contributed by atoms with Gasteiger partial charge in [-0.25, -0.2) is 0 Å². The first-order valence-electron chi connectivity index (χ1n) is 6.00. The fraction of sp³-hybridized carbons (Fsp3) is 1.00. The SMILES string of the molecule is FC(F)(F)C(OC1CC(Cl)C12CCCC2)C(F)(F)F. The standard InChI is InChI=1S/C11H13ClF6O/c12-6-5-7(9(6)3-1-2-4-9)19-8(10(13,14)15)11(16,17)18/h6-8H,1-5H2. The molecular formula is C11H13ClF6O. The van der Waals surface area contributed by atoms with Crippen molar-refractivity contribution in [3.63, 3.8) is 0 Å². The zero-order valence-electron chi connectivity index (χ0n) is 9.82. The van der Waals surface area contributed by atoms with Gasteiger partial charge in [-0.2, -0.15) is 26.3 Å². The normalized spacial score (nSPS) is 30.9. The van der Waals surface area contributed by atoms with E-state index in [0.29, 0.717) is 12.8 Å². The Balaban J connectivity index is 2.11. The molecule has 2 saturated carbocycles. The summed E-state index contributed by atoms with van der Waals surface area (Å²) < 4.78 is 79.0. The third kappa shape index (κ3) is 2.68. The molecule has 0 amide bonds. The Morgan fingerprint density at radius 1 is 1.00 bits per heavy atom. The number of halogens is 7. The van der Waals surface area contributed by atoms with Gasteiger partial charge in [-0.1, -0.05) is 12.8 Å². The van der Waals surface area contributed by atoms with Crippen molar-refractivity contribution in [2.45, 2.75) is 62.0 Å². The molecule has 112 valence electrons. The lowest BCUT2D eigenvalue weighted by molar-refractivity contribution is -0.345. The molecule has 1 nitrogen and oxygen atoms in total. The lowest BCUT2D eigenvalue weighted by Crippen LogP contribution is -2.58. The summed E-state index contributed by atoms with van der Waals surface area (Å²) in [6, 6.07) is 0. The Morgan fingerprint density at radius 2 is 1.47 bits per heavy atom. The molecule has 2 aliphatic carbocycles. The number of hydrogen-bond acceptors (Lipinski definition) is 1. The molecular weight excluding hydrogens is 298 g/mol. The molecule has 0 aromatic carbocycles. The van der Waals surface area contributed by atoms with Crippen LogP contribution in [0.25, 0.3) is 0 Å². The van der Waals surface area contributed by atoms with Crippen molar-refractivity contribution in [2.75, 3.05) is 0 Å². The van der Waals surface area contributed by atoms with Crippen LogP contribution in [-0.2, 0) is 4.74 Å². The third-order valence-corrected chi connectivity index (χ3v) is 4.73. The number of alkyl halides is 7. The van der Waals surface area contributed by atoms with Gasteiger partial charge in [-0.15, -0.1) is 11.6 Å². The lowest BCUT2D eigenvalue weighted by atomic mass is 9.64. The summed E-state index contributed by atoms with van der Waals surface area (Å²) in [5, 5.41) is -0.387. The number of rotatable bonds is 2. The topological polar surface area (TPSA) is 9.23 Å². The van der Waals surface area contributed by atoms with E-state index in [1.165, 1.54) is 0 Å². The van der Waals surface area contributed by atoms with Crippen molar-refractivity contribution in [3.05, 3.63) is 0 Å². The third-order valence-electron chi connectivity index (χ3n) is 4.12. The quantitative estimate of drug-likeness (QED) is 0.541. The molecule has 0 aromatic rings. The van der Waals surface area contributed by atoms with Gasteiger partial charge in [0.1, 0.15) is 0 Å². The van der Waals surface area contributed by atoms with Crippen LogP contribution in [0.15, 0.2) is 0 Å². The van der Waals surface area contributed by atoms with Gasteiger partial charge in [0, 0.05) is 10.8 Å². The molecule has 19 heavy (non-hydrogen) atoms. The van der Waals surface area contributed by atoms with Crippen LogP contribution in [0.5, 0.6) is 0 Å². The first-order valence-corrected chi connectivity index (χ1v) is 6.44. The molecule has 8 heteroatoms. The molecule has 0 heterocycles. The van der Waals surface area contributed by atoms with Crippen molar-refractivity contribution in [1.29, 1.82) is 0 Å². The van der Waals surface area contributed by atoms with E-state index in [2.05, 4.69) is 4.74 Å². The van der Waals surface area contributed by atoms with Crippen LogP contribution in [-0.4, -0.2) is 29.9 Å². The van der Waals surface area contributed by atoms with Crippen LogP contribution in [0, 0.1) is 5.41 Å². The molecule has 0 N–H and O–H groups in total. The van der Waals surface area contributed by atoms with E-state index in [9.17, 15) is 26.3 Å². The first-order chi connectivity index (χ1) is 8.57. The molecule has 0 bridgehead atoms. The first kappa shape index (κ1) is 15.2. The van der Waals surface area contributed by atoms with Gasteiger partial charge in [0.15, 0.2) is 0 Å². The summed E-state index contributed by atoms with van der Waals surface area (Å²) >= 11 is 5.98. The average Bonchev–Trinajstić information content (AvgIpc) is 2.71. The van der Waals surface area contributed by atoms with Crippen molar-refractivity contribution < 1.29 is 31.1 Å². The highest BCUT2D eigenvalue weighted by Crippen LogP contribution is 2.58. The van der Waals surface area contributed by atoms with Gasteiger partial charge in [-0.3, -0.25) is 0 Å². The molecule has 0 aliphatic heterocycles. The fourth-order valence-electron chi connectivity index (χ4n) is 3.06. The molecule has 2 aliphatic rings. The van der Waals surface area contributed by atoms with Crippen LogP contribution in [0.3, 0.4) is 0 Å². The van der Waals surface area contributed by atoms with E-state index in [1.807, 2.05) is 0 Å². The summed E-state index contributed by atoms with van der Waals surface area (Å²) in [4.78, 5) is 0. The molecule has 2 rings (SSSR count).